The maximum absolute atomic E-state index is 12.5. The fourth-order valence-electron chi connectivity index (χ4n) is 2.68. The van der Waals surface area contributed by atoms with Gasteiger partial charge in [0, 0.05) is 13.1 Å². The summed E-state index contributed by atoms with van der Waals surface area (Å²) in [5.41, 5.74) is 5.26. The van der Waals surface area contributed by atoms with Crippen molar-refractivity contribution in [3.05, 3.63) is 0 Å². The van der Waals surface area contributed by atoms with Crippen molar-refractivity contribution in [3.63, 3.8) is 0 Å². The summed E-state index contributed by atoms with van der Waals surface area (Å²) in [6, 6.07) is 0. The van der Waals surface area contributed by atoms with Gasteiger partial charge in [0.2, 0.25) is 0 Å². The minimum atomic E-state index is -0.665. The van der Waals surface area contributed by atoms with E-state index in [9.17, 15) is 4.79 Å². The number of hydrogen-bond donors (Lipinski definition) is 1. The van der Waals surface area contributed by atoms with E-state index in [1.165, 1.54) is 0 Å². The van der Waals surface area contributed by atoms with E-state index in [2.05, 4.69) is 37.6 Å². The summed E-state index contributed by atoms with van der Waals surface area (Å²) in [4.78, 5) is 20.8. The van der Waals surface area contributed by atoms with Gasteiger partial charge in [0.25, 0.3) is 5.91 Å². The van der Waals surface area contributed by atoms with Gasteiger partial charge in [0.1, 0.15) is 5.54 Å². The standard InChI is InChI=1S/C14H28N4O/c1-6-17(7-2)8-9-18-12(19)14(5,10-11(3)4)16-13(18)15/h11H,6-10H2,1-5H3,(H2,15,16). The van der Waals surface area contributed by atoms with Crippen LogP contribution in [0.1, 0.15) is 41.0 Å². The van der Waals surface area contributed by atoms with Crippen LogP contribution >= 0.6 is 0 Å². The zero-order chi connectivity index (χ0) is 14.6. The van der Waals surface area contributed by atoms with E-state index >= 15 is 0 Å². The van der Waals surface area contributed by atoms with Crippen molar-refractivity contribution in [2.75, 3.05) is 26.2 Å². The maximum Gasteiger partial charge on any atom is 0.257 e. The monoisotopic (exact) mass is 268 g/mol. The van der Waals surface area contributed by atoms with E-state index in [1.54, 1.807) is 4.90 Å². The van der Waals surface area contributed by atoms with Crippen LogP contribution in [0, 0.1) is 5.92 Å². The second-order valence-corrected chi connectivity index (χ2v) is 5.83. The van der Waals surface area contributed by atoms with Gasteiger partial charge >= 0.3 is 0 Å². The first-order valence-corrected chi connectivity index (χ1v) is 7.23. The lowest BCUT2D eigenvalue weighted by atomic mass is 9.91. The van der Waals surface area contributed by atoms with Gasteiger partial charge in [-0.05, 0) is 32.4 Å². The van der Waals surface area contributed by atoms with E-state index in [1.807, 2.05) is 6.92 Å². The molecule has 1 aliphatic heterocycles. The quantitative estimate of drug-likeness (QED) is 0.757. The van der Waals surface area contributed by atoms with Crippen LogP contribution in [0.4, 0.5) is 0 Å². The van der Waals surface area contributed by atoms with Crippen molar-refractivity contribution >= 4 is 11.9 Å². The summed E-state index contributed by atoms with van der Waals surface area (Å²) in [7, 11) is 0. The first-order chi connectivity index (χ1) is 8.84. The third kappa shape index (κ3) is 3.69. The molecule has 0 saturated carbocycles. The number of amides is 1. The summed E-state index contributed by atoms with van der Waals surface area (Å²) < 4.78 is 0. The van der Waals surface area contributed by atoms with E-state index < -0.39 is 5.54 Å². The summed E-state index contributed by atoms with van der Waals surface area (Å²) in [6.07, 6.45) is 0.744. The Morgan fingerprint density at radius 2 is 1.95 bits per heavy atom. The zero-order valence-electron chi connectivity index (χ0n) is 12.9. The minimum absolute atomic E-state index is 0.0471. The molecular formula is C14H28N4O. The van der Waals surface area contributed by atoms with Crippen molar-refractivity contribution in [1.29, 1.82) is 0 Å². The highest BCUT2D eigenvalue weighted by molar-refractivity contribution is 6.06. The van der Waals surface area contributed by atoms with Crippen LogP contribution in [0.2, 0.25) is 0 Å². The topological polar surface area (TPSA) is 61.9 Å². The summed E-state index contributed by atoms with van der Waals surface area (Å²) in [5, 5.41) is 0. The van der Waals surface area contributed by atoms with Gasteiger partial charge in [-0.15, -0.1) is 0 Å². The Morgan fingerprint density at radius 3 is 2.42 bits per heavy atom. The van der Waals surface area contributed by atoms with Crippen LogP contribution < -0.4 is 5.73 Å². The van der Waals surface area contributed by atoms with Crippen LogP contribution in [0.3, 0.4) is 0 Å². The molecule has 0 aromatic heterocycles. The number of guanidine groups is 1. The van der Waals surface area contributed by atoms with E-state index in [4.69, 9.17) is 5.73 Å². The molecule has 0 fully saturated rings. The fraction of sp³-hybridized carbons (Fsp3) is 0.857. The van der Waals surface area contributed by atoms with Crippen molar-refractivity contribution in [1.82, 2.24) is 9.80 Å². The predicted octanol–water partition coefficient (Wildman–Crippen LogP) is 1.29. The molecule has 5 heteroatoms. The Bertz CT molecular complexity index is 349. The first-order valence-electron chi connectivity index (χ1n) is 7.23. The lowest BCUT2D eigenvalue weighted by molar-refractivity contribution is -0.131. The molecule has 0 aromatic rings. The third-order valence-electron chi connectivity index (χ3n) is 3.68. The Morgan fingerprint density at radius 1 is 1.37 bits per heavy atom. The number of nitrogens with two attached hydrogens (primary N) is 1. The Kier molecular flexibility index (Phi) is 5.35. The zero-order valence-corrected chi connectivity index (χ0v) is 12.9. The minimum Gasteiger partial charge on any atom is -0.369 e. The average Bonchev–Trinajstić information content (AvgIpc) is 2.52. The Hall–Kier alpha value is -1.10. The highest BCUT2D eigenvalue weighted by Gasteiger charge is 2.43. The number of nitrogens with zero attached hydrogens (tertiary/aromatic N) is 3. The van der Waals surface area contributed by atoms with Gasteiger partial charge in [0.05, 0.1) is 0 Å². The second kappa shape index (κ2) is 6.37. The van der Waals surface area contributed by atoms with Crippen molar-refractivity contribution < 1.29 is 4.79 Å². The fourth-order valence-corrected chi connectivity index (χ4v) is 2.68. The number of carbonyl (C=O) groups is 1. The van der Waals surface area contributed by atoms with Gasteiger partial charge in [-0.25, -0.2) is 4.99 Å². The van der Waals surface area contributed by atoms with Gasteiger partial charge in [-0.3, -0.25) is 9.69 Å². The van der Waals surface area contributed by atoms with E-state index in [-0.39, 0.29) is 5.91 Å². The van der Waals surface area contributed by atoms with Crippen molar-refractivity contribution in [2.45, 2.75) is 46.6 Å². The molecule has 0 aromatic carbocycles. The van der Waals surface area contributed by atoms with Crippen LogP contribution in [0.15, 0.2) is 4.99 Å². The smallest absolute Gasteiger partial charge is 0.257 e. The lowest BCUT2D eigenvalue weighted by Crippen LogP contribution is -2.46. The number of carbonyl (C=O) groups excluding carboxylic acids is 1. The summed E-state index contributed by atoms with van der Waals surface area (Å²) >= 11 is 0. The lowest BCUT2D eigenvalue weighted by Gasteiger charge is -2.26. The Labute approximate surface area is 116 Å². The molecule has 0 saturated heterocycles. The van der Waals surface area contributed by atoms with Crippen LogP contribution in [0.5, 0.6) is 0 Å². The highest BCUT2D eigenvalue weighted by Crippen LogP contribution is 2.28. The van der Waals surface area contributed by atoms with Crippen LogP contribution in [0.25, 0.3) is 0 Å². The number of aliphatic imine (C=N–C) groups is 1. The molecule has 1 heterocycles. The molecular weight excluding hydrogens is 240 g/mol. The van der Waals surface area contributed by atoms with Crippen molar-refractivity contribution in [3.8, 4) is 0 Å². The number of rotatable bonds is 7. The molecule has 1 rings (SSSR count). The molecule has 1 aliphatic rings. The molecule has 1 unspecified atom stereocenters. The molecule has 1 amide bonds. The molecule has 2 N–H and O–H groups in total. The predicted molar refractivity (Wildman–Crippen MR) is 79.0 cm³/mol. The number of hydrogen-bond acceptors (Lipinski definition) is 4. The largest absolute Gasteiger partial charge is 0.369 e. The Balaban J connectivity index is 2.68. The maximum atomic E-state index is 12.5. The molecule has 19 heavy (non-hydrogen) atoms. The van der Waals surface area contributed by atoms with Gasteiger partial charge in [-0.1, -0.05) is 27.7 Å². The molecule has 0 aliphatic carbocycles. The molecule has 110 valence electrons. The molecule has 5 nitrogen and oxygen atoms in total. The molecule has 0 spiro atoms. The SMILES string of the molecule is CCN(CC)CCN1C(=O)C(C)(CC(C)C)N=C1N. The normalized spacial score (nSPS) is 23.6. The molecule has 0 radical (unpaired) electrons. The van der Waals surface area contributed by atoms with E-state index in [0.29, 0.717) is 18.4 Å². The third-order valence-corrected chi connectivity index (χ3v) is 3.68. The molecule has 0 bridgehead atoms. The van der Waals surface area contributed by atoms with Crippen LogP contribution in [-0.2, 0) is 4.79 Å². The number of likely N-dealkylation sites (N-methyl/N-ethyl adjacent to an activating group) is 1. The van der Waals surface area contributed by atoms with Gasteiger partial charge in [-0.2, -0.15) is 0 Å². The van der Waals surface area contributed by atoms with Gasteiger partial charge < -0.3 is 10.6 Å². The summed E-state index contributed by atoms with van der Waals surface area (Å²) in [5.74, 6) is 0.847. The van der Waals surface area contributed by atoms with Gasteiger partial charge in [0.15, 0.2) is 5.96 Å². The first kappa shape index (κ1) is 16.0. The van der Waals surface area contributed by atoms with E-state index in [0.717, 1.165) is 26.1 Å². The average molecular weight is 268 g/mol. The molecule has 1 atom stereocenters. The summed E-state index contributed by atoms with van der Waals surface area (Å²) in [6.45, 7) is 13.8. The second-order valence-electron chi connectivity index (χ2n) is 5.83. The van der Waals surface area contributed by atoms with Crippen LogP contribution in [-0.4, -0.2) is 53.4 Å². The van der Waals surface area contributed by atoms with Crippen molar-refractivity contribution in [2.24, 2.45) is 16.6 Å². The highest BCUT2D eigenvalue weighted by atomic mass is 16.2.